The summed E-state index contributed by atoms with van der Waals surface area (Å²) >= 11 is 0. The monoisotopic (exact) mass is 164 g/mol. The van der Waals surface area contributed by atoms with Crippen molar-refractivity contribution >= 4 is 11.8 Å². The Bertz CT molecular complexity index is 303. The Balaban J connectivity index is 2.93. The quantitative estimate of drug-likeness (QED) is 0.326. The smallest absolute Gasteiger partial charge is 0.369 e. The fraction of sp³-hybridized carbons (Fsp3) is 0. The van der Waals surface area contributed by atoms with Gasteiger partial charge in [0.15, 0.2) is 0 Å². The van der Waals surface area contributed by atoms with Gasteiger partial charge in [0.1, 0.15) is 0 Å². The number of nitrogens with two attached hydrogens (primary N) is 3. The fourth-order valence-corrected chi connectivity index (χ4v) is 0.718. The molecule has 0 spiro atoms. The molecule has 1 aromatic rings. The molecule has 62 valence electrons. The number of pyridine rings is 1. The molecule has 0 bridgehead atoms. The Labute approximate surface area is 69.6 Å². The number of aliphatic imine (C=N–C) groups is 1. The lowest BCUT2D eigenvalue weighted by Gasteiger charge is -1.92. The van der Waals surface area contributed by atoms with Crippen molar-refractivity contribution in [2.24, 2.45) is 16.5 Å². The first-order chi connectivity index (χ1) is 5.70. The van der Waals surface area contributed by atoms with Crippen molar-refractivity contribution in [3.8, 4) is 0 Å². The van der Waals surface area contributed by atoms with Crippen LogP contribution < -0.4 is 16.9 Å². The lowest BCUT2D eigenvalue weighted by molar-refractivity contribution is -0.116. The molecule has 5 heteroatoms. The van der Waals surface area contributed by atoms with Gasteiger partial charge in [-0.15, -0.1) is 0 Å². The summed E-state index contributed by atoms with van der Waals surface area (Å²) in [7, 11) is 0. The first kappa shape index (κ1) is 8.19. The van der Waals surface area contributed by atoms with E-state index in [1.165, 1.54) is 0 Å². The molecule has 0 atom stereocenters. The third kappa shape index (κ3) is 2.05. The molecule has 5 nitrogen and oxygen atoms in total. The van der Waals surface area contributed by atoms with Gasteiger partial charge in [-0.05, 0) is 12.1 Å². The summed E-state index contributed by atoms with van der Waals surface area (Å²) in [5, 5.41) is 5.14. The van der Waals surface area contributed by atoms with E-state index >= 15 is 0 Å². The van der Waals surface area contributed by atoms with Gasteiger partial charge in [-0.25, -0.2) is 0 Å². The molecule has 0 fully saturated rings. The van der Waals surface area contributed by atoms with Crippen molar-refractivity contribution in [2.45, 2.75) is 0 Å². The summed E-state index contributed by atoms with van der Waals surface area (Å²) in [6.07, 6.45) is 3.23. The third-order valence-electron chi connectivity index (χ3n) is 1.21. The highest BCUT2D eigenvalue weighted by atomic mass is 15.0. The highest BCUT2D eigenvalue weighted by Crippen LogP contribution is 1.93. The minimum absolute atomic E-state index is 0.0589. The molecule has 0 amide bonds. The van der Waals surface area contributed by atoms with Crippen molar-refractivity contribution in [1.82, 2.24) is 4.98 Å². The normalized spacial score (nSPS) is 11.2. The summed E-state index contributed by atoms with van der Waals surface area (Å²) < 4.78 is 0. The largest absolute Gasteiger partial charge is 0.382 e. The maximum absolute atomic E-state index is 5.53. The van der Waals surface area contributed by atoms with Crippen LogP contribution >= 0.6 is 0 Å². The van der Waals surface area contributed by atoms with Crippen molar-refractivity contribution in [3.05, 3.63) is 30.1 Å². The minimum atomic E-state index is -0.0589. The Hall–Kier alpha value is -1.91. The maximum atomic E-state index is 5.53. The van der Waals surface area contributed by atoms with Gasteiger partial charge < -0.3 is 5.73 Å². The number of amidine groups is 1. The molecule has 1 heterocycles. The van der Waals surface area contributed by atoms with Crippen molar-refractivity contribution in [1.29, 1.82) is 0 Å². The van der Waals surface area contributed by atoms with Crippen LogP contribution in [0.3, 0.4) is 0 Å². The zero-order valence-corrected chi connectivity index (χ0v) is 6.44. The van der Waals surface area contributed by atoms with E-state index in [-0.39, 0.29) is 11.8 Å². The fourth-order valence-electron chi connectivity index (χ4n) is 0.718. The van der Waals surface area contributed by atoms with Crippen molar-refractivity contribution in [3.63, 3.8) is 0 Å². The van der Waals surface area contributed by atoms with Gasteiger partial charge >= 0.3 is 5.96 Å². The molecule has 0 saturated heterocycles. The van der Waals surface area contributed by atoms with Crippen LogP contribution in [0, 0.1) is 0 Å². The van der Waals surface area contributed by atoms with Crippen LogP contribution in [-0.4, -0.2) is 16.8 Å². The van der Waals surface area contributed by atoms with E-state index < -0.39 is 0 Å². The number of hydrogen-bond acceptors (Lipinski definition) is 1. The SMILES string of the molecule is NC(=[NH2+])N=C(N)c1cccnc1. The minimum Gasteiger partial charge on any atom is -0.369 e. The number of guanidine groups is 1. The first-order valence-corrected chi connectivity index (χ1v) is 3.32. The molecule has 0 aliphatic rings. The molecule has 0 radical (unpaired) electrons. The number of aromatic nitrogens is 1. The van der Waals surface area contributed by atoms with E-state index in [0.29, 0.717) is 5.56 Å². The summed E-state index contributed by atoms with van der Waals surface area (Å²) in [5.41, 5.74) is 11.4. The second kappa shape index (κ2) is 3.47. The highest BCUT2D eigenvalue weighted by Gasteiger charge is 2.02. The van der Waals surface area contributed by atoms with Gasteiger partial charge in [0.2, 0.25) is 5.84 Å². The van der Waals surface area contributed by atoms with E-state index in [9.17, 15) is 0 Å². The van der Waals surface area contributed by atoms with Gasteiger partial charge in [0.05, 0.1) is 5.56 Å². The van der Waals surface area contributed by atoms with Crippen molar-refractivity contribution in [2.75, 3.05) is 0 Å². The molecule has 0 unspecified atom stereocenters. The van der Waals surface area contributed by atoms with E-state index in [4.69, 9.17) is 16.9 Å². The Morgan fingerprint density at radius 1 is 1.50 bits per heavy atom. The summed E-state index contributed by atoms with van der Waals surface area (Å²) in [6.45, 7) is 0. The number of rotatable bonds is 1. The van der Waals surface area contributed by atoms with Crippen LogP contribution in [0.2, 0.25) is 0 Å². The van der Waals surface area contributed by atoms with Crippen LogP contribution in [0.5, 0.6) is 0 Å². The molecular formula is C7H10N5+. The number of nitrogens with zero attached hydrogens (tertiary/aromatic N) is 2. The zero-order chi connectivity index (χ0) is 8.97. The van der Waals surface area contributed by atoms with Crippen LogP contribution in [0.25, 0.3) is 0 Å². The lowest BCUT2D eigenvalue weighted by atomic mass is 10.3. The predicted molar refractivity (Wildman–Crippen MR) is 46.1 cm³/mol. The second-order valence-electron chi connectivity index (χ2n) is 2.16. The second-order valence-corrected chi connectivity index (χ2v) is 2.16. The molecule has 0 aromatic carbocycles. The van der Waals surface area contributed by atoms with E-state index in [2.05, 4.69) is 9.98 Å². The summed E-state index contributed by atoms with van der Waals surface area (Å²) in [6, 6.07) is 3.53. The van der Waals surface area contributed by atoms with Gasteiger partial charge in [0.25, 0.3) is 0 Å². The molecule has 0 aliphatic carbocycles. The van der Waals surface area contributed by atoms with Gasteiger partial charge in [0, 0.05) is 12.4 Å². The molecule has 1 aromatic heterocycles. The van der Waals surface area contributed by atoms with E-state index in [0.717, 1.165) is 0 Å². The standard InChI is InChI=1S/C7H9N5/c8-6(12-7(9)10)5-2-1-3-11-4-5/h1-4H,(H5,8,9,10,12)/p+1. The number of hydrogen-bond donors (Lipinski definition) is 3. The third-order valence-corrected chi connectivity index (χ3v) is 1.21. The Morgan fingerprint density at radius 2 is 2.25 bits per heavy atom. The maximum Gasteiger partial charge on any atom is 0.382 e. The van der Waals surface area contributed by atoms with Gasteiger partial charge in [-0.1, -0.05) is 4.99 Å². The summed E-state index contributed by atoms with van der Waals surface area (Å²) in [4.78, 5) is 7.54. The van der Waals surface area contributed by atoms with Gasteiger partial charge in [-0.3, -0.25) is 16.1 Å². The van der Waals surface area contributed by atoms with Gasteiger partial charge in [-0.2, -0.15) is 0 Å². The molecule has 0 saturated carbocycles. The van der Waals surface area contributed by atoms with Crippen LogP contribution in [-0.2, 0) is 0 Å². The van der Waals surface area contributed by atoms with E-state index in [1.807, 2.05) is 0 Å². The average Bonchev–Trinajstić information content (AvgIpc) is 2.05. The average molecular weight is 164 g/mol. The molecule has 12 heavy (non-hydrogen) atoms. The molecule has 1 rings (SSSR count). The molecule has 0 aliphatic heterocycles. The zero-order valence-electron chi connectivity index (χ0n) is 6.44. The van der Waals surface area contributed by atoms with Crippen LogP contribution in [0.15, 0.2) is 29.5 Å². The van der Waals surface area contributed by atoms with Crippen LogP contribution in [0.1, 0.15) is 5.56 Å². The highest BCUT2D eigenvalue weighted by molar-refractivity contribution is 6.03. The first-order valence-electron chi connectivity index (χ1n) is 3.32. The van der Waals surface area contributed by atoms with E-state index in [1.54, 1.807) is 24.5 Å². The lowest BCUT2D eigenvalue weighted by Crippen LogP contribution is -2.45. The topological polar surface area (TPSA) is 103 Å². The molecular weight excluding hydrogens is 154 g/mol. The Morgan fingerprint density at radius 3 is 2.75 bits per heavy atom. The predicted octanol–water partition coefficient (Wildman–Crippen LogP) is -2.14. The summed E-state index contributed by atoms with van der Waals surface area (Å²) in [5.74, 6) is 0.208. The van der Waals surface area contributed by atoms with Crippen molar-refractivity contribution < 1.29 is 5.41 Å². The Kier molecular flexibility index (Phi) is 2.37. The van der Waals surface area contributed by atoms with Crippen LogP contribution in [0.4, 0.5) is 0 Å². The molecule has 6 N–H and O–H groups in total.